The van der Waals surface area contributed by atoms with Gasteiger partial charge in [-0.2, -0.15) is 0 Å². The molecule has 0 aliphatic carbocycles. The molecule has 1 N–H and O–H groups in total. The fourth-order valence-corrected chi connectivity index (χ4v) is 4.63. The van der Waals surface area contributed by atoms with Crippen LogP contribution in [0.5, 0.6) is 0 Å². The first-order chi connectivity index (χ1) is 15.4. The number of amides is 2. The van der Waals surface area contributed by atoms with Crippen molar-refractivity contribution in [1.82, 2.24) is 10.2 Å². The molecule has 2 rings (SSSR count). The zero-order valence-corrected chi connectivity index (χ0v) is 20.1. The molecule has 0 aromatic heterocycles. The lowest BCUT2D eigenvalue weighted by atomic mass is 9.84. The first-order valence-electron chi connectivity index (χ1n) is 12.3. The van der Waals surface area contributed by atoms with E-state index in [-0.39, 0.29) is 18.3 Å². The number of rotatable bonds is 14. The minimum atomic E-state index is -0.886. The van der Waals surface area contributed by atoms with Crippen LogP contribution in [0.4, 0.5) is 9.18 Å². The zero-order chi connectivity index (χ0) is 23.4. The Morgan fingerprint density at radius 3 is 2.44 bits per heavy atom. The monoisotopic (exact) mass is 448 g/mol. The van der Waals surface area contributed by atoms with E-state index in [1.54, 1.807) is 24.1 Å². The zero-order valence-electron chi connectivity index (χ0n) is 20.1. The summed E-state index contributed by atoms with van der Waals surface area (Å²) in [6.07, 6.45) is 11.4. The maximum atomic E-state index is 13.1. The number of ether oxygens (including phenoxy) is 1. The second kappa shape index (κ2) is 13.4. The number of carbonyl (C=O) groups is 2. The average Bonchev–Trinajstić information content (AvgIpc) is 3.05. The number of carbonyl (C=O) groups excluding carboxylic acids is 2. The van der Waals surface area contributed by atoms with Crippen LogP contribution < -0.4 is 5.32 Å². The maximum Gasteiger partial charge on any atom is 0.408 e. The van der Waals surface area contributed by atoms with Crippen LogP contribution in [0, 0.1) is 11.7 Å². The summed E-state index contributed by atoms with van der Waals surface area (Å²) in [7, 11) is 1.78. The van der Waals surface area contributed by atoms with Crippen molar-refractivity contribution >= 4 is 12.0 Å². The average molecular weight is 449 g/mol. The van der Waals surface area contributed by atoms with Gasteiger partial charge in [0.1, 0.15) is 18.0 Å². The highest BCUT2D eigenvalue weighted by Gasteiger charge is 2.46. The van der Waals surface area contributed by atoms with Gasteiger partial charge >= 0.3 is 6.09 Å². The SMILES string of the molecule is CCCCCCCC(CCC)CCC1(NC(=O)OCc2ccc(F)cc2)CCN(C)C1=O. The Morgan fingerprint density at radius 1 is 1.09 bits per heavy atom. The quantitative estimate of drug-likeness (QED) is 0.344. The van der Waals surface area contributed by atoms with Gasteiger partial charge in [0, 0.05) is 13.6 Å². The van der Waals surface area contributed by atoms with E-state index in [1.165, 1.54) is 50.7 Å². The van der Waals surface area contributed by atoms with Crippen LogP contribution in [0.1, 0.15) is 90.0 Å². The third-order valence-electron chi connectivity index (χ3n) is 6.65. The number of alkyl carbamates (subject to hydrolysis) is 1. The van der Waals surface area contributed by atoms with E-state index in [9.17, 15) is 14.0 Å². The van der Waals surface area contributed by atoms with Crippen molar-refractivity contribution in [3.05, 3.63) is 35.6 Å². The van der Waals surface area contributed by atoms with Gasteiger partial charge < -0.3 is 15.0 Å². The van der Waals surface area contributed by atoms with Gasteiger partial charge in [0.25, 0.3) is 0 Å². The standard InChI is InChI=1S/C26H41FN2O3/c1-4-6-7-8-9-11-21(10-5-2)16-17-26(18-19-29(3)24(26)30)28-25(31)32-20-22-12-14-23(27)15-13-22/h12-15,21H,4-11,16-20H2,1-3H3,(H,28,31). The van der Waals surface area contributed by atoms with Crippen LogP contribution >= 0.6 is 0 Å². The number of halogens is 1. The van der Waals surface area contributed by atoms with Gasteiger partial charge in [-0.15, -0.1) is 0 Å². The second-order valence-electron chi connectivity index (χ2n) is 9.28. The van der Waals surface area contributed by atoms with E-state index >= 15 is 0 Å². The molecule has 32 heavy (non-hydrogen) atoms. The summed E-state index contributed by atoms with van der Waals surface area (Å²) in [5.74, 6) is 0.215. The summed E-state index contributed by atoms with van der Waals surface area (Å²) < 4.78 is 18.4. The lowest BCUT2D eigenvalue weighted by molar-refractivity contribution is -0.132. The fraction of sp³-hybridized carbons (Fsp3) is 0.692. The minimum absolute atomic E-state index is 0.0329. The van der Waals surface area contributed by atoms with Crippen LogP contribution in [-0.2, 0) is 16.1 Å². The Kier molecular flexibility index (Phi) is 11.0. The van der Waals surface area contributed by atoms with Crippen molar-refractivity contribution in [2.24, 2.45) is 5.92 Å². The molecule has 0 bridgehead atoms. The summed E-state index contributed by atoms with van der Waals surface area (Å²) in [5.41, 5.74) is -0.181. The molecule has 1 saturated heterocycles. The molecule has 1 aliphatic heterocycles. The van der Waals surface area contributed by atoms with Crippen molar-refractivity contribution in [3.63, 3.8) is 0 Å². The normalized spacial score (nSPS) is 19.2. The topological polar surface area (TPSA) is 58.6 Å². The van der Waals surface area contributed by atoms with Crippen LogP contribution in [0.25, 0.3) is 0 Å². The summed E-state index contributed by atoms with van der Waals surface area (Å²) in [6, 6.07) is 5.85. The van der Waals surface area contributed by atoms with E-state index in [0.29, 0.717) is 30.9 Å². The van der Waals surface area contributed by atoms with Gasteiger partial charge in [0.15, 0.2) is 0 Å². The second-order valence-corrected chi connectivity index (χ2v) is 9.28. The molecule has 2 atom stereocenters. The molecule has 0 spiro atoms. The van der Waals surface area contributed by atoms with Gasteiger partial charge in [-0.25, -0.2) is 9.18 Å². The molecule has 1 aliphatic rings. The summed E-state index contributed by atoms with van der Waals surface area (Å²) in [4.78, 5) is 27.2. The third kappa shape index (κ3) is 8.10. The molecule has 1 aromatic rings. The lowest BCUT2D eigenvalue weighted by Crippen LogP contribution is -2.54. The van der Waals surface area contributed by atoms with Crippen molar-refractivity contribution in [3.8, 4) is 0 Å². The Balaban J connectivity index is 1.92. The van der Waals surface area contributed by atoms with Crippen LogP contribution in [0.15, 0.2) is 24.3 Å². The molecular weight excluding hydrogens is 407 g/mol. The molecule has 2 amide bonds. The Morgan fingerprint density at radius 2 is 1.81 bits per heavy atom. The Bertz CT molecular complexity index is 710. The highest BCUT2D eigenvalue weighted by Crippen LogP contribution is 2.31. The summed E-state index contributed by atoms with van der Waals surface area (Å²) >= 11 is 0. The molecule has 6 heteroatoms. The van der Waals surface area contributed by atoms with Gasteiger partial charge in [-0.3, -0.25) is 4.79 Å². The van der Waals surface area contributed by atoms with Gasteiger partial charge in [0.2, 0.25) is 5.91 Å². The largest absolute Gasteiger partial charge is 0.445 e. The smallest absolute Gasteiger partial charge is 0.408 e. The first-order valence-corrected chi connectivity index (χ1v) is 12.3. The molecule has 1 heterocycles. The lowest BCUT2D eigenvalue weighted by Gasteiger charge is -2.30. The highest BCUT2D eigenvalue weighted by molar-refractivity contribution is 5.91. The highest BCUT2D eigenvalue weighted by atomic mass is 19.1. The fourth-order valence-electron chi connectivity index (χ4n) is 4.63. The van der Waals surface area contributed by atoms with E-state index in [4.69, 9.17) is 4.74 Å². The Labute approximate surface area is 193 Å². The van der Waals surface area contributed by atoms with Crippen LogP contribution in [0.3, 0.4) is 0 Å². The van der Waals surface area contributed by atoms with Crippen molar-refractivity contribution in [2.45, 2.75) is 96.6 Å². The predicted molar refractivity (Wildman–Crippen MR) is 126 cm³/mol. The number of hydrogen-bond acceptors (Lipinski definition) is 3. The molecule has 1 aromatic carbocycles. The molecule has 0 saturated carbocycles. The number of likely N-dealkylation sites (N-methyl/N-ethyl adjacent to an activating group) is 1. The van der Waals surface area contributed by atoms with Crippen LogP contribution in [-0.4, -0.2) is 36.0 Å². The number of benzene rings is 1. The number of unbranched alkanes of at least 4 members (excludes halogenated alkanes) is 4. The number of likely N-dealkylation sites (tertiary alicyclic amines) is 1. The van der Waals surface area contributed by atoms with Gasteiger partial charge in [0.05, 0.1) is 0 Å². The third-order valence-corrected chi connectivity index (χ3v) is 6.65. The van der Waals surface area contributed by atoms with Crippen LogP contribution in [0.2, 0.25) is 0 Å². The van der Waals surface area contributed by atoms with E-state index in [0.717, 1.165) is 19.3 Å². The van der Waals surface area contributed by atoms with E-state index < -0.39 is 11.6 Å². The number of hydrogen-bond donors (Lipinski definition) is 1. The predicted octanol–water partition coefficient (Wildman–Crippen LogP) is 6.21. The number of nitrogens with one attached hydrogen (secondary N) is 1. The van der Waals surface area contributed by atoms with Crippen molar-refractivity contribution in [1.29, 1.82) is 0 Å². The molecular formula is C26H41FN2O3. The van der Waals surface area contributed by atoms with E-state index in [1.807, 2.05) is 0 Å². The molecule has 2 unspecified atom stereocenters. The molecule has 5 nitrogen and oxygen atoms in total. The molecule has 180 valence electrons. The molecule has 0 radical (unpaired) electrons. The van der Waals surface area contributed by atoms with Crippen molar-refractivity contribution < 1.29 is 18.7 Å². The first kappa shape index (κ1) is 26.1. The summed E-state index contributed by atoms with van der Waals surface area (Å²) in [5, 5.41) is 2.91. The Hall–Kier alpha value is -2.11. The van der Waals surface area contributed by atoms with Gasteiger partial charge in [-0.05, 0) is 42.9 Å². The number of nitrogens with zero attached hydrogens (tertiary/aromatic N) is 1. The van der Waals surface area contributed by atoms with Gasteiger partial charge in [-0.1, -0.05) is 77.3 Å². The molecule has 1 fully saturated rings. The maximum absolute atomic E-state index is 13.1. The minimum Gasteiger partial charge on any atom is -0.445 e. The van der Waals surface area contributed by atoms with E-state index in [2.05, 4.69) is 19.2 Å². The summed E-state index contributed by atoms with van der Waals surface area (Å²) in [6.45, 7) is 5.11. The van der Waals surface area contributed by atoms with Crippen molar-refractivity contribution in [2.75, 3.05) is 13.6 Å².